The fourth-order valence-corrected chi connectivity index (χ4v) is 1.92. The van der Waals surface area contributed by atoms with Crippen molar-refractivity contribution in [2.24, 2.45) is 0 Å². The highest BCUT2D eigenvalue weighted by Crippen LogP contribution is 2.14. The van der Waals surface area contributed by atoms with Gasteiger partial charge in [-0.25, -0.2) is 0 Å². The summed E-state index contributed by atoms with van der Waals surface area (Å²) in [4.78, 5) is 6.30. The Labute approximate surface area is 115 Å². The van der Waals surface area contributed by atoms with E-state index < -0.39 is 0 Å². The highest BCUT2D eigenvalue weighted by atomic mass is 15.1. The van der Waals surface area contributed by atoms with E-state index in [2.05, 4.69) is 59.8 Å². The van der Waals surface area contributed by atoms with Gasteiger partial charge in [-0.05, 0) is 50.2 Å². The summed E-state index contributed by atoms with van der Waals surface area (Å²) in [7, 11) is 0. The van der Waals surface area contributed by atoms with E-state index in [0.29, 0.717) is 0 Å². The van der Waals surface area contributed by atoms with Crippen molar-refractivity contribution in [1.29, 1.82) is 0 Å². The lowest BCUT2D eigenvalue weighted by Crippen LogP contribution is -2.21. The zero-order valence-electron chi connectivity index (χ0n) is 11.4. The first-order valence-corrected chi connectivity index (χ1v) is 6.60. The first-order chi connectivity index (χ1) is 9.33. The van der Waals surface area contributed by atoms with Crippen LogP contribution >= 0.6 is 0 Å². The van der Waals surface area contributed by atoms with Crippen LogP contribution in [0.3, 0.4) is 0 Å². The molecule has 2 heteroatoms. The van der Waals surface area contributed by atoms with Gasteiger partial charge in [-0.1, -0.05) is 11.8 Å². The molecule has 0 aliphatic heterocycles. The Kier molecular flexibility index (Phi) is 4.58. The van der Waals surface area contributed by atoms with Crippen molar-refractivity contribution in [3.63, 3.8) is 0 Å². The summed E-state index contributed by atoms with van der Waals surface area (Å²) in [6.45, 7) is 6.39. The van der Waals surface area contributed by atoms with Crippen LogP contribution in [0.5, 0.6) is 0 Å². The molecule has 0 spiro atoms. The summed E-state index contributed by atoms with van der Waals surface area (Å²) in [5.41, 5.74) is 3.27. The van der Waals surface area contributed by atoms with Crippen molar-refractivity contribution >= 4 is 5.69 Å². The fourth-order valence-electron chi connectivity index (χ4n) is 1.92. The summed E-state index contributed by atoms with van der Waals surface area (Å²) >= 11 is 0. The predicted molar refractivity (Wildman–Crippen MR) is 80.2 cm³/mol. The average molecular weight is 250 g/mol. The molecule has 0 saturated carbocycles. The lowest BCUT2D eigenvalue weighted by Gasteiger charge is -2.20. The summed E-state index contributed by atoms with van der Waals surface area (Å²) < 4.78 is 0. The third-order valence-electron chi connectivity index (χ3n) is 3.03. The van der Waals surface area contributed by atoms with Gasteiger partial charge < -0.3 is 4.90 Å². The van der Waals surface area contributed by atoms with Crippen molar-refractivity contribution in [3.05, 3.63) is 59.9 Å². The molecule has 19 heavy (non-hydrogen) atoms. The zero-order valence-corrected chi connectivity index (χ0v) is 11.4. The molecule has 0 fully saturated rings. The Morgan fingerprint density at radius 1 is 0.842 bits per heavy atom. The molecule has 0 atom stereocenters. The maximum Gasteiger partial charge on any atom is 0.0366 e. The second-order valence-electron chi connectivity index (χ2n) is 4.21. The number of anilines is 1. The van der Waals surface area contributed by atoms with Gasteiger partial charge >= 0.3 is 0 Å². The molecule has 0 radical (unpaired) electrons. The van der Waals surface area contributed by atoms with Crippen LogP contribution in [0.15, 0.2) is 48.8 Å². The fraction of sp³-hybridized carbons (Fsp3) is 0.235. The monoisotopic (exact) mass is 250 g/mol. The Balaban J connectivity index is 2.14. The van der Waals surface area contributed by atoms with Gasteiger partial charge in [-0.3, -0.25) is 4.98 Å². The molecule has 1 aromatic carbocycles. The maximum absolute atomic E-state index is 3.98. The first kappa shape index (κ1) is 13.2. The average Bonchev–Trinajstić information content (AvgIpc) is 2.49. The second kappa shape index (κ2) is 6.61. The van der Waals surface area contributed by atoms with Gasteiger partial charge in [0.25, 0.3) is 0 Å². The predicted octanol–water partition coefficient (Wildman–Crippen LogP) is 3.33. The smallest absolute Gasteiger partial charge is 0.0366 e. The van der Waals surface area contributed by atoms with Gasteiger partial charge in [0.2, 0.25) is 0 Å². The molecule has 0 aliphatic carbocycles. The molecule has 96 valence electrons. The van der Waals surface area contributed by atoms with Crippen LogP contribution < -0.4 is 4.90 Å². The van der Waals surface area contributed by atoms with E-state index in [1.54, 1.807) is 12.4 Å². The lowest BCUT2D eigenvalue weighted by atomic mass is 10.2. The number of hydrogen-bond donors (Lipinski definition) is 0. The van der Waals surface area contributed by atoms with Gasteiger partial charge in [-0.2, -0.15) is 0 Å². The third-order valence-corrected chi connectivity index (χ3v) is 3.03. The van der Waals surface area contributed by atoms with Crippen LogP contribution in [0.25, 0.3) is 0 Å². The zero-order chi connectivity index (χ0) is 13.5. The van der Waals surface area contributed by atoms with Gasteiger partial charge in [-0.15, -0.1) is 0 Å². The van der Waals surface area contributed by atoms with Crippen LogP contribution in [0.4, 0.5) is 5.69 Å². The topological polar surface area (TPSA) is 16.1 Å². The normalized spacial score (nSPS) is 9.58. The molecule has 1 heterocycles. The summed E-state index contributed by atoms with van der Waals surface area (Å²) in [5.74, 6) is 6.30. The van der Waals surface area contributed by atoms with Crippen molar-refractivity contribution in [2.45, 2.75) is 13.8 Å². The molecule has 0 unspecified atom stereocenters. The molecule has 2 aromatic rings. The minimum absolute atomic E-state index is 0.989. The molecular formula is C17H18N2. The molecular weight excluding hydrogens is 232 g/mol. The van der Waals surface area contributed by atoms with Crippen LogP contribution in [0, 0.1) is 11.8 Å². The van der Waals surface area contributed by atoms with Crippen molar-refractivity contribution in [3.8, 4) is 11.8 Å². The van der Waals surface area contributed by atoms with E-state index in [1.165, 1.54) is 5.69 Å². The highest BCUT2D eigenvalue weighted by Gasteiger charge is 1.99. The van der Waals surface area contributed by atoms with Crippen LogP contribution in [-0.2, 0) is 0 Å². The van der Waals surface area contributed by atoms with Gasteiger partial charge in [0.1, 0.15) is 0 Å². The van der Waals surface area contributed by atoms with E-state index in [0.717, 1.165) is 24.2 Å². The molecule has 0 amide bonds. The Hall–Kier alpha value is -2.27. The number of pyridine rings is 1. The van der Waals surface area contributed by atoms with Crippen LogP contribution in [0.2, 0.25) is 0 Å². The highest BCUT2D eigenvalue weighted by molar-refractivity contribution is 5.51. The summed E-state index contributed by atoms with van der Waals surface area (Å²) in [5, 5.41) is 0. The van der Waals surface area contributed by atoms with E-state index in [1.807, 2.05) is 12.1 Å². The van der Waals surface area contributed by atoms with Gasteiger partial charge in [0.05, 0.1) is 0 Å². The number of hydrogen-bond acceptors (Lipinski definition) is 2. The van der Waals surface area contributed by atoms with Crippen LogP contribution in [-0.4, -0.2) is 18.1 Å². The molecule has 0 saturated heterocycles. The largest absolute Gasteiger partial charge is 0.372 e. The van der Waals surface area contributed by atoms with E-state index in [-0.39, 0.29) is 0 Å². The Morgan fingerprint density at radius 3 is 1.89 bits per heavy atom. The quantitative estimate of drug-likeness (QED) is 0.777. The van der Waals surface area contributed by atoms with E-state index >= 15 is 0 Å². The number of aromatic nitrogens is 1. The number of nitrogens with zero attached hydrogens (tertiary/aromatic N) is 2. The summed E-state index contributed by atoms with van der Waals surface area (Å²) in [6, 6.07) is 12.2. The van der Waals surface area contributed by atoms with Crippen molar-refractivity contribution in [2.75, 3.05) is 18.0 Å². The first-order valence-electron chi connectivity index (χ1n) is 6.60. The molecule has 2 rings (SSSR count). The third kappa shape index (κ3) is 3.59. The minimum Gasteiger partial charge on any atom is -0.372 e. The number of rotatable bonds is 3. The number of benzene rings is 1. The van der Waals surface area contributed by atoms with Gasteiger partial charge in [0.15, 0.2) is 0 Å². The molecule has 2 nitrogen and oxygen atoms in total. The van der Waals surface area contributed by atoms with Crippen LogP contribution in [0.1, 0.15) is 25.0 Å². The second-order valence-corrected chi connectivity index (χ2v) is 4.21. The van der Waals surface area contributed by atoms with Crippen molar-refractivity contribution in [1.82, 2.24) is 4.98 Å². The SMILES string of the molecule is CCN(CC)c1ccc(C#Cc2ccncc2)cc1. The molecule has 0 N–H and O–H groups in total. The minimum atomic E-state index is 0.989. The molecule has 0 bridgehead atoms. The lowest BCUT2D eigenvalue weighted by molar-refractivity contribution is 0.866. The van der Waals surface area contributed by atoms with E-state index in [9.17, 15) is 0 Å². The Morgan fingerprint density at radius 2 is 1.37 bits per heavy atom. The van der Waals surface area contributed by atoms with Crippen molar-refractivity contribution < 1.29 is 0 Å². The van der Waals surface area contributed by atoms with E-state index in [4.69, 9.17) is 0 Å². The summed E-state index contributed by atoms with van der Waals surface area (Å²) in [6.07, 6.45) is 3.51. The Bertz CT molecular complexity index is 558. The molecule has 1 aromatic heterocycles. The standard InChI is InChI=1S/C17H18N2/c1-3-19(4-2)17-9-7-15(8-10-17)5-6-16-11-13-18-14-12-16/h7-14H,3-4H2,1-2H3. The molecule has 0 aliphatic rings. The van der Waals surface area contributed by atoms with Gasteiger partial charge in [0, 0.05) is 42.3 Å². The maximum atomic E-state index is 3.98.